The number of piperidine rings is 1. The van der Waals surface area contributed by atoms with Crippen LogP contribution in [0.3, 0.4) is 0 Å². The van der Waals surface area contributed by atoms with E-state index in [0.29, 0.717) is 21.5 Å². The van der Waals surface area contributed by atoms with Crippen LogP contribution >= 0.6 is 23.2 Å². The highest BCUT2D eigenvalue weighted by atomic mass is 35.5. The van der Waals surface area contributed by atoms with Crippen molar-refractivity contribution in [1.29, 1.82) is 0 Å². The number of nitrogens with zero attached hydrogens (tertiary/aromatic N) is 1. The number of likely N-dealkylation sites (tertiary alicyclic amines) is 1. The van der Waals surface area contributed by atoms with Crippen molar-refractivity contribution in [2.75, 3.05) is 13.1 Å². The van der Waals surface area contributed by atoms with Crippen LogP contribution in [-0.4, -0.2) is 23.9 Å². The van der Waals surface area contributed by atoms with Crippen LogP contribution in [-0.2, 0) is 0 Å². The van der Waals surface area contributed by atoms with Crippen molar-refractivity contribution < 1.29 is 4.79 Å². The summed E-state index contributed by atoms with van der Waals surface area (Å²) in [6, 6.07) is 15.5. The standard InChI is InChI=1S/C18H17Cl2NO/c19-16-10-15(11-17(20)12-16)18(22)21-8-6-14(7-9-21)13-4-2-1-3-5-13/h1-5,10-12,14H,6-9H2. The van der Waals surface area contributed by atoms with Gasteiger partial charge in [-0.3, -0.25) is 4.79 Å². The fourth-order valence-corrected chi connectivity index (χ4v) is 3.53. The highest BCUT2D eigenvalue weighted by molar-refractivity contribution is 6.35. The van der Waals surface area contributed by atoms with Crippen LogP contribution in [0.2, 0.25) is 10.0 Å². The number of hydrogen-bond acceptors (Lipinski definition) is 1. The van der Waals surface area contributed by atoms with E-state index in [1.54, 1.807) is 18.2 Å². The van der Waals surface area contributed by atoms with Crippen LogP contribution in [0.25, 0.3) is 0 Å². The lowest BCUT2D eigenvalue weighted by Gasteiger charge is -2.32. The topological polar surface area (TPSA) is 20.3 Å². The number of carbonyl (C=O) groups is 1. The summed E-state index contributed by atoms with van der Waals surface area (Å²) in [5.41, 5.74) is 1.93. The van der Waals surface area contributed by atoms with Gasteiger partial charge in [0.25, 0.3) is 5.91 Å². The molecular formula is C18H17Cl2NO. The van der Waals surface area contributed by atoms with Gasteiger partial charge >= 0.3 is 0 Å². The van der Waals surface area contributed by atoms with E-state index in [2.05, 4.69) is 24.3 Å². The predicted octanol–water partition coefficient (Wildman–Crippen LogP) is 5.01. The summed E-state index contributed by atoms with van der Waals surface area (Å²) in [6.45, 7) is 1.53. The third-order valence-corrected chi connectivity index (χ3v) is 4.60. The van der Waals surface area contributed by atoms with E-state index in [1.165, 1.54) is 5.56 Å². The fraction of sp³-hybridized carbons (Fsp3) is 0.278. The second-order valence-electron chi connectivity index (χ2n) is 5.64. The molecule has 1 amide bonds. The van der Waals surface area contributed by atoms with E-state index in [9.17, 15) is 4.79 Å². The monoisotopic (exact) mass is 333 g/mol. The Hall–Kier alpha value is -1.51. The number of carbonyl (C=O) groups excluding carboxylic acids is 1. The normalized spacial score (nSPS) is 15.8. The third-order valence-electron chi connectivity index (χ3n) is 4.16. The molecule has 0 aliphatic carbocycles. The molecule has 0 saturated carbocycles. The van der Waals surface area contributed by atoms with E-state index in [-0.39, 0.29) is 5.91 Å². The Morgan fingerprint density at radius 1 is 0.955 bits per heavy atom. The van der Waals surface area contributed by atoms with Gasteiger partial charge in [0, 0.05) is 28.7 Å². The summed E-state index contributed by atoms with van der Waals surface area (Å²) in [5, 5.41) is 0.991. The van der Waals surface area contributed by atoms with E-state index in [0.717, 1.165) is 25.9 Å². The first kappa shape index (κ1) is 15.4. The molecular weight excluding hydrogens is 317 g/mol. The quantitative estimate of drug-likeness (QED) is 0.756. The lowest BCUT2D eigenvalue weighted by atomic mass is 9.89. The first-order valence-electron chi connectivity index (χ1n) is 7.44. The number of benzene rings is 2. The molecule has 1 aliphatic heterocycles. The zero-order valence-corrected chi connectivity index (χ0v) is 13.6. The van der Waals surface area contributed by atoms with Crippen LogP contribution < -0.4 is 0 Å². The van der Waals surface area contributed by atoms with Crippen molar-refractivity contribution in [3.63, 3.8) is 0 Å². The second-order valence-corrected chi connectivity index (χ2v) is 6.51. The Morgan fingerprint density at radius 2 is 1.55 bits per heavy atom. The van der Waals surface area contributed by atoms with Crippen molar-refractivity contribution in [1.82, 2.24) is 4.90 Å². The molecule has 1 aliphatic rings. The molecule has 2 aromatic carbocycles. The van der Waals surface area contributed by atoms with Crippen molar-refractivity contribution in [3.8, 4) is 0 Å². The van der Waals surface area contributed by atoms with E-state index in [1.807, 2.05) is 11.0 Å². The molecule has 114 valence electrons. The first-order valence-corrected chi connectivity index (χ1v) is 8.19. The van der Waals surface area contributed by atoms with E-state index in [4.69, 9.17) is 23.2 Å². The van der Waals surface area contributed by atoms with Crippen LogP contribution in [0.4, 0.5) is 0 Å². The average Bonchev–Trinajstić information content (AvgIpc) is 2.54. The van der Waals surface area contributed by atoms with Gasteiger partial charge in [0.05, 0.1) is 0 Å². The SMILES string of the molecule is O=C(c1cc(Cl)cc(Cl)c1)N1CCC(c2ccccc2)CC1. The fourth-order valence-electron chi connectivity index (χ4n) is 3.00. The molecule has 3 rings (SSSR count). The lowest BCUT2D eigenvalue weighted by molar-refractivity contribution is 0.0713. The highest BCUT2D eigenvalue weighted by Crippen LogP contribution is 2.29. The van der Waals surface area contributed by atoms with Gasteiger partial charge in [-0.2, -0.15) is 0 Å². The molecule has 1 heterocycles. The Balaban J connectivity index is 1.67. The molecule has 0 unspecified atom stereocenters. The second kappa shape index (κ2) is 6.72. The Morgan fingerprint density at radius 3 is 2.14 bits per heavy atom. The summed E-state index contributed by atoms with van der Waals surface area (Å²) < 4.78 is 0. The molecule has 2 nitrogen and oxygen atoms in total. The number of halogens is 2. The van der Waals surface area contributed by atoms with Crippen molar-refractivity contribution in [2.24, 2.45) is 0 Å². The van der Waals surface area contributed by atoms with Gasteiger partial charge in [-0.15, -0.1) is 0 Å². The lowest BCUT2D eigenvalue weighted by Crippen LogP contribution is -2.37. The molecule has 0 atom stereocenters. The maximum Gasteiger partial charge on any atom is 0.253 e. The first-order chi connectivity index (χ1) is 10.6. The zero-order valence-electron chi connectivity index (χ0n) is 12.1. The van der Waals surface area contributed by atoms with Crippen LogP contribution in [0.5, 0.6) is 0 Å². The smallest absolute Gasteiger partial charge is 0.253 e. The summed E-state index contributed by atoms with van der Waals surface area (Å²) >= 11 is 12.0. The highest BCUT2D eigenvalue weighted by Gasteiger charge is 2.24. The van der Waals surface area contributed by atoms with Crippen LogP contribution in [0.15, 0.2) is 48.5 Å². The number of hydrogen-bond donors (Lipinski definition) is 0. The van der Waals surface area contributed by atoms with Gasteiger partial charge in [-0.05, 0) is 42.5 Å². The maximum atomic E-state index is 12.6. The van der Waals surface area contributed by atoms with Crippen molar-refractivity contribution in [2.45, 2.75) is 18.8 Å². The minimum absolute atomic E-state index is 0.0101. The molecule has 0 bridgehead atoms. The molecule has 1 saturated heterocycles. The van der Waals surface area contributed by atoms with Gasteiger partial charge in [0.15, 0.2) is 0 Å². The van der Waals surface area contributed by atoms with Crippen LogP contribution in [0, 0.1) is 0 Å². The van der Waals surface area contributed by atoms with Crippen LogP contribution in [0.1, 0.15) is 34.7 Å². The molecule has 0 radical (unpaired) electrons. The number of rotatable bonds is 2. The summed E-state index contributed by atoms with van der Waals surface area (Å²) in [5.74, 6) is 0.545. The molecule has 0 aromatic heterocycles. The summed E-state index contributed by atoms with van der Waals surface area (Å²) in [4.78, 5) is 14.4. The minimum atomic E-state index is 0.0101. The van der Waals surface area contributed by atoms with Crippen molar-refractivity contribution >= 4 is 29.1 Å². The van der Waals surface area contributed by atoms with E-state index < -0.39 is 0 Å². The maximum absolute atomic E-state index is 12.6. The molecule has 1 fully saturated rings. The molecule has 2 aromatic rings. The largest absolute Gasteiger partial charge is 0.339 e. The van der Waals surface area contributed by atoms with Gasteiger partial charge in [-0.25, -0.2) is 0 Å². The molecule has 0 spiro atoms. The predicted molar refractivity (Wildman–Crippen MR) is 90.8 cm³/mol. The Bertz CT molecular complexity index is 644. The molecule has 4 heteroatoms. The molecule has 0 N–H and O–H groups in total. The van der Waals surface area contributed by atoms with Gasteiger partial charge in [-0.1, -0.05) is 53.5 Å². The van der Waals surface area contributed by atoms with E-state index >= 15 is 0 Å². The summed E-state index contributed by atoms with van der Waals surface area (Å²) in [7, 11) is 0. The Labute approximate surface area is 140 Å². The summed E-state index contributed by atoms with van der Waals surface area (Å²) in [6.07, 6.45) is 1.98. The van der Waals surface area contributed by atoms with Crippen molar-refractivity contribution in [3.05, 3.63) is 69.7 Å². The van der Waals surface area contributed by atoms with Gasteiger partial charge < -0.3 is 4.90 Å². The Kier molecular flexibility index (Phi) is 4.70. The zero-order chi connectivity index (χ0) is 15.5. The number of amides is 1. The van der Waals surface area contributed by atoms with Gasteiger partial charge in [0.2, 0.25) is 0 Å². The molecule has 22 heavy (non-hydrogen) atoms. The average molecular weight is 334 g/mol. The minimum Gasteiger partial charge on any atom is -0.339 e. The third kappa shape index (κ3) is 3.45. The van der Waals surface area contributed by atoms with Gasteiger partial charge in [0.1, 0.15) is 0 Å².